The number of hydrogen-bond donors (Lipinski definition) is 3. The van der Waals surface area contributed by atoms with E-state index < -0.39 is 32.0 Å². The van der Waals surface area contributed by atoms with Crippen molar-refractivity contribution in [2.24, 2.45) is 5.73 Å². The molecule has 8 heteroatoms. The van der Waals surface area contributed by atoms with Crippen LogP contribution in [0.25, 0.3) is 0 Å². The maximum atomic E-state index is 12.0. The Hall–Kier alpha value is -2.79. The fraction of sp³-hybridized carbons (Fsp3) is 0.476. The van der Waals surface area contributed by atoms with Crippen LogP contribution in [0.5, 0.6) is 0 Å². The van der Waals surface area contributed by atoms with Gasteiger partial charge in [-0.25, -0.2) is 4.79 Å². The number of ether oxygens (including phenoxy) is 1. The minimum Gasteiger partial charge on any atom is -0.445 e. The molecule has 0 aromatic heterocycles. The van der Waals surface area contributed by atoms with E-state index in [1.54, 1.807) is 0 Å². The van der Waals surface area contributed by atoms with E-state index in [0.29, 0.717) is 0 Å². The molecule has 0 aliphatic rings. The van der Waals surface area contributed by atoms with Crippen molar-refractivity contribution < 1.29 is 19.1 Å². The molecule has 158 valence electrons. The lowest BCUT2D eigenvalue weighted by Gasteiger charge is -2.31. The van der Waals surface area contributed by atoms with E-state index in [0.717, 1.165) is 5.56 Å². The minimum atomic E-state index is -1.81. The van der Waals surface area contributed by atoms with Crippen LogP contribution >= 0.6 is 0 Å². The van der Waals surface area contributed by atoms with Crippen LogP contribution in [0.2, 0.25) is 18.1 Å². The Morgan fingerprint density at radius 3 is 2.34 bits per heavy atom. The number of rotatable bonds is 7. The quantitative estimate of drug-likeness (QED) is 0.467. The van der Waals surface area contributed by atoms with Crippen molar-refractivity contribution in [3.63, 3.8) is 0 Å². The summed E-state index contributed by atoms with van der Waals surface area (Å²) in [4.78, 5) is 35.3. The first kappa shape index (κ1) is 24.2. The van der Waals surface area contributed by atoms with Gasteiger partial charge in [0.25, 0.3) is 0 Å². The summed E-state index contributed by atoms with van der Waals surface area (Å²) in [5.41, 5.74) is 9.48. The zero-order chi connectivity index (χ0) is 22.1. The van der Waals surface area contributed by atoms with Crippen molar-refractivity contribution in [1.82, 2.24) is 10.6 Å². The lowest BCUT2D eigenvalue weighted by Crippen LogP contribution is -2.47. The van der Waals surface area contributed by atoms with Crippen LogP contribution in [0.1, 0.15) is 32.8 Å². The molecule has 1 aromatic rings. The Kier molecular flexibility index (Phi) is 8.92. The lowest BCUT2D eigenvalue weighted by molar-refractivity contribution is -0.126. The molecule has 0 heterocycles. The standard InChI is InChI=1S/C21H31N3O4Si/c1-21(2,3)29(4,5)13-9-12-17(19(22)26)24-18(25)14-23-20(27)28-15-16-10-7-6-8-11-16/h6-8,10-11,17H,12,14-15H2,1-5H3,(H2,22,26)(H,23,27)(H,24,25)/t17-/m0/s1. The molecule has 4 N–H and O–H groups in total. The number of nitrogens with one attached hydrogen (secondary N) is 2. The number of carbonyl (C=O) groups excluding carboxylic acids is 3. The van der Waals surface area contributed by atoms with Gasteiger partial charge in [0.15, 0.2) is 0 Å². The number of benzene rings is 1. The summed E-state index contributed by atoms with van der Waals surface area (Å²) in [6.07, 6.45) is -0.594. The normalized spacial score (nSPS) is 12.2. The van der Waals surface area contributed by atoms with Gasteiger partial charge in [0, 0.05) is 6.42 Å². The van der Waals surface area contributed by atoms with E-state index in [1.807, 2.05) is 30.3 Å². The number of carbonyl (C=O) groups is 3. The van der Waals surface area contributed by atoms with E-state index in [4.69, 9.17) is 10.5 Å². The average molecular weight is 418 g/mol. The number of hydrogen-bond acceptors (Lipinski definition) is 4. The van der Waals surface area contributed by atoms with Crippen molar-refractivity contribution in [1.29, 1.82) is 0 Å². The lowest BCUT2D eigenvalue weighted by atomic mass is 10.2. The fourth-order valence-electron chi connectivity index (χ4n) is 1.96. The second-order valence-corrected chi connectivity index (χ2v) is 13.3. The van der Waals surface area contributed by atoms with Gasteiger partial charge in [-0.2, -0.15) is 0 Å². The van der Waals surface area contributed by atoms with Gasteiger partial charge in [0.2, 0.25) is 11.8 Å². The second-order valence-electron chi connectivity index (χ2n) is 8.32. The summed E-state index contributed by atoms with van der Waals surface area (Å²) in [5, 5.41) is 4.94. The topological polar surface area (TPSA) is 111 Å². The summed E-state index contributed by atoms with van der Waals surface area (Å²) >= 11 is 0. The van der Waals surface area contributed by atoms with Crippen LogP contribution in [0.4, 0.5) is 4.79 Å². The van der Waals surface area contributed by atoms with E-state index in [1.165, 1.54) is 0 Å². The molecule has 0 spiro atoms. The van der Waals surface area contributed by atoms with Crippen LogP contribution in [-0.2, 0) is 20.9 Å². The Bertz CT molecular complexity index is 777. The maximum Gasteiger partial charge on any atom is 0.407 e. The second kappa shape index (κ2) is 10.7. The molecule has 7 nitrogen and oxygen atoms in total. The number of alkyl carbamates (subject to hydrolysis) is 1. The molecule has 0 bridgehead atoms. The zero-order valence-corrected chi connectivity index (χ0v) is 18.8. The fourth-order valence-corrected chi connectivity index (χ4v) is 2.88. The first-order chi connectivity index (χ1) is 13.4. The highest BCUT2D eigenvalue weighted by molar-refractivity contribution is 6.87. The minimum absolute atomic E-state index is 0.0928. The van der Waals surface area contributed by atoms with Crippen molar-refractivity contribution in [3.05, 3.63) is 35.9 Å². The van der Waals surface area contributed by atoms with Crippen molar-refractivity contribution in [2.75, 3.05) is 6.54 Å². The predicted molar refractivity (Wildman–Crippen MR) is 115 cm³/mol. The molecule has 0 aliphatic carbocycles. The van der Waals surface area contributed by atoms with Crippen molar-refractivity contribution >= 4 is 26.0 Å². The third kappa shape index (κ3) is 8.83. The van der Waals surface area contributed by atoms with E-state index >= 15 is 0 Å². The van der Waals surface area contributed by atoms with Gasteiger partial charge in [0.05, 0.1) is 0 Å². The summed E-state index contributed by atoms with van der Waals surface area (Å²) in [6, 6.07) is 8.26. The molecule has 0 aliphatic heterocycles. The highest BCUT2D eigenvalue weighted by atomic mass is 28.3. The van der Waals surface area contributed by atoms with Gasteiger partial charge in [0.1, 0.15) is 27.3 Å². The molecule has 0 fully saturated rings. The molecular formula is C21H31N3O4Si. The molecule has 1 atom stereocenters. The van der Waals surface area contributed by atoms with Gasteiger partial charge < -0.3 is 21.1 Å². The Labute approximate surface area is 173 Å². The first-order valence-electron chi connectivity index (χ1n) is 9.45. The molecule has 1 aromatic carbocycles. The molecule has 0 radical (unpaired) electrons. The molecule has 0 saturated heterocycles. The molecular weight excluding hydrogens is 386 g/mol. The largest absolute Gasteiger partial charge is 0.445 e. The highest BCUT2D eigenvalue weighted by Gasteiger charge is 2.33. The summed E-state index contributed by atoms with van der Waals surface area (Å²) in [6.45, 7) is 10.5. The maximum absolute atomic E-state index is 12.0. The molecule has 29 heavy (non-hydrogen) atoms. The molecule has 0 saturated carbocycles. The van der Waals surface area contributed by atoms with Crippen LogP contribution < -0.4 is 16.4 Å². The number of nitrogens with two attached hydrogens (primary N) is 1. The Balaban J connectivity index is 2.48. The Morgan fingerprint density at radius 1 is 1.17 bits per heavy atom. The zero-order valence-electron chi connectivity index (χ0n) is 17.8. The molecule has 0 unspecified atom stereocenters. The van der Waals surface area contributed by atoms with Crippen LogP contribution in [0.15, 0.2) is 30.3 Å². The summed E-state index contributed by atoms with van der Waals surface area (Å²) < 4.78 is 5.03. The predicted octanol–water partition coefficient (Wildman–Crippen LogP) is 2.32. The average Bonchev–Trinajstić information content (AvgIpc) is 2.63. The van der Waals surface area contributed by atoms with Crippen molar-refractivity contribution in [3.8, 4) is 11.5 Å². The summed E-state index contributed by atoms with van der Waals surface area (Å²) in [7, 11) is -1.81. The van der Waals surface area contributed by atoms with E-state index in [2.05, 4.69) is 56.0 Å². The van der Waals surface area contributed by atoms with Crippen molar-refractivity contribution in [2.45, 2.75) is 58.0 Å². The summed E-state index contributed by atoms with van der Waals surface area (Å²) in [5.74, 6) is 1.79. The SMILES string of the molecule is CC(C)(C)[Si](C)(C)C#CC[C@H](NC(=O)CNC(=O)OCc1ccccc1)C(N)=O. The number of primary amides is 1. The van der Waals surface area contributed by atoms with Crippen LogP contribution in [0.3, 0.4) is 0 Å². The van der Waals surface area contributed by atoms with Crippen LogP contribution in [-0.4, -0.2) is 38.6 Å². The first-order valence-corrected chi connectivity index (χ1v) is 12.5. The number of amides is 3. The van der Waals surface area contributed by atoms with E-state index in [-0.39, 0.29) is 24.6 Å². The van der Waals surface area contributed by atoms with Gasteiger partial charge in [-0.3, -0.25) is 9.59 Å². The third-order valence-corrected chi connectivity index (χ3v) is 9.42. The smallest absolute Gasteiger partial charge is 0.407 e. The molecule has 3 amide bonds. The van der Waals surface area contributed by atoms with Gasteiger partial charge >= 0.3 is 6.09 Å². The van der Waals surface area contributed by atoms with E-state index in [9.17, 15) is 14.4 Å². The van der Waals surface area contributed by atoms with Gasteiger partial charge in [-0.05, 0) is 10.6 Å². The highest BCUT2D eigenvalue weighted by Crippen LogP contribution is 2.35. The Morgan fingerprint density at radius 2 is 1.79 bits per heavy atom. The molecule has 1 rings (SSSR count). The monoisotopic (exact) mass is 417 g/mol. The third-order valence-electron chi connectivity index (χ3n) is 4.87. The van der Waals surface area contributed by atoms with Gasteiger partial charge in [-0.1, -0.05) is 64.2 Å². The van der Waals surface area contributed by atoms with Crippen LogP contribution in [0, 0.1) is 11.5 Å². The van der Waals surface area contributed by atoms with Gasteiger partial charge in [-0.15, -0.1) is 11.5 Å².